The van der Waals surface area contributed by atoms with Crippen molar-refractivity contribution >= 4 is 10.9 Å². The number of fused-ring (bicyclic) bond motifs is 1. The van der Waals surface area contributed by atoms with Gasteiger partial charge in [0.1, 0.15) is 0 Å². The highest BCUT2D eigenvalue weighted by atomic mass is 16.5. The van der Waals surface area contributed by atoms with Crippen LogP contribution in [0.25, 0.3) is 33.4 Å². The minimum atomic E-state index is -0.225. The van der Waals surface area contributed by atoms with E-state index >= 15 is 0 Å². The maximum Gasteiger partial charge on any atom is 0.273 e. The fourth-order valence-corrected chi connectivity index (χ4v) is 4.21. The highest BCUT2D eigenvalue weighted by molar-refractivity contribution is 5.86. The Hall–Kier alpha value is -3.29. The van der Waals surface area contributed by atoms with Gasteiger partial charge in [-0.25, -0.2) is 5.10 Å². The lowest BCUT2D eigenvalue weighted by molar-refractivity contribution is 0.161. The summed E-state index contributed by atoms with van der Waals surface area (Å²) in [5.74, 6) is 0.540. The van der Waals surface area contributed by atoms with Gasteiger partial charge in [0.25, 0.3) is 5.56 Å². The number of H-pyrrole nitrogens is 2. The van der Waals surface area contributed by atoms with Gasteiger partial charge in [-0.2, -0.15) is 5.10 Å². The molecule has 0 radical (unpaired) electrons. The first-order valence-corrected chi connectivity index (χ1v) is 11.3. The van der Waals surface area contributed by atoms with Crippen LogP contribution in [0.2, 0.25) is 0 Å². The molecule has 0 saturated carbocycles. The van der Waals surface area contributed by atoms with Crippen molar-refractivity contribution in [2.45, 2.75) is 25.7 Å². The molecule has 7 nitrogen and oxygen atoms in total. The third-order valence-electron chi connectivity index (χ3n) is 5.97. The highest BCUT2D eigenvalue weighted by Gasteiger charge is 2.13. The number of hydrogen-bond acceptors (Lipinski definition) is 5. The number of hydrogen-bond donors (Lipinski definition) is 2. The fourth-order valence-electron chi connectivity index (χ4n) is 4.21. The van der Waals surface area contributed by atoms with Crippen LogP contribution in [-0.2, 0) is 15.9 Å². The topological polar surface area (TPSA) is 92.9 Å². The zero-order chi connectivity index (χ0) is 23.0. The standard InChI is InChI=1S/C26H30N4O3/c1-32-12-3-4-18(9-13-33-2)14-19-5-6-21-16-25(28-23(21)15-19)22-17-24(29-30-26(22)31)20-7-10-27-11-8-20/h5-8,10-11,15-18,28H,3-4,9,12-14H2,1-2H3,(H,30,31). The molecule has 7 heteroatoms. The Balaban J connectivity index is 1.58. The van der Waals surface area contributed by atoms with E-state index in [1.165, 1.54) is 5.56 Å². The van der Waals surface area contributed by atoms with Crippen molar-refractivity contribution in [3.05, 3.63) is 70.8 Å². The zero-order valence-electron chi connectivity index (χ0n) is 19.1. The minimum Gasteiger partial charge on any atom is -0.385 e. The number of rotatable bonds is 11. The molecule has 4 rings (SSSR count). The molecule has 1 aromatic carbocycles. The lowest BCUT2D eigenvalue weighted by atomic mass is 9.92. The Labute approximate surface area is 193 Å². The van der Waals surface area contributed by atoms with Gasteiger partial charge in [-0.1, -0.05) is 12.1 Å². The van der Waals surface area contributed by atoms with Crippen LogP contribution in [0.1, 0.15) is 24.8 Å². The average Bonchev–Trinajstić information content (AvgIpc) is 3.26. The number of nitrogens with zero attached hydrogens (tertiary/aromatic N) is 2. The lowest BCUT2D eigenvalue weighted by Gasteiger charge is -2.16. The second kappa shape index (κ2) is 11.0. The van der Waals surface area contributed by atoms with E-state index in [2.05, 4.69) is 38.4 Å². The van der Waals surface area contributed by atoms with Gasteiger partial charge in [-0.3, -0.25) is 9.78 Å². The number of benzene rings is 1. The smallest absolute Gasteiger partial charge is 0.273 e. The Bertz CT molecular complexity index is 1230. The summed E-state index contributed by atoms with van der Waals surface area (Å²) in [5.41, 5.74) is 5.00. The molecule has 3 heterocycles. The van der Waals surface area contributed by atoms with Crippen molar-refractivity contribution in [1.82, 2.24) is 20.2 Å². The van der Waals surface area contributed by atoms with Gasteiger partial charge in [0.2, 0.25) is 0 Å². The summed E-state index contributed by atoms with van der Waals surface area (Å²) < 4.78 is 10.5. The summed E-state index contributed by atoms with van der Waals surface area (Å²) in [6, 6.07) is 14.1. The molecule has 3 aromatic heterocycles. The van der Waals surface area contributed by atoms with E-state index in [0.717, 1.165) is 61.1 Å². The summed E-state index contributed by atoms with van der Waals surface area (Å²) in [7, 11) is 3.49. The maximum absolute atomic E-state index is 12.5. The molecule has 0 saturated heterocycles. The number of methoxy groups -OCH3 is 2. The first-order valence-electron chi connectivity index (χ1n) is 11.3. The van der Waals surface area contributed by atoms with Crippen LogP contribution in [0.3, 0.4) is 0 Å². The minimum absolute atomic E-state index is 0.225. The Morgan fingerprint density at radius 3 is 2.58 bits per heavy atom. The van der Waals surface area contributed by atoms with Crippen LogP contribution >= 0.6 is 0 Å². The van der Waals surface area contributed by atoms with E-state index in [-0.39, 0.29) is 5.56 Å². The van der Waals surface area contributed by atoms with E-state index in [1.807, 2.05) is 24.3 Å². The molecular formula is C26H30N4O3. The zero-order valence-corrected chi connectivity index (χ0v) is 19.1. The predicted octanol–water partition coefficient (Wildman–Crippen LogP) is 4.60. The molecule has 0 amide bonds. The van der Waals surface area contributed by atoms with Crippen molar-refractivity contribution in [1.29, 1.82) is 0 Å². The molecule has 1 atom stereocenters. The summed E-state index contributed by atoms with van der Waals surface area (Å²) in [6.45, 7) is 1.54. The molecule has 1 unspecified atom stereocenters. The molecule has 172 valence electrons. The molecule has 2 N–H and O–H groups in total. The SMILES string of the molecule is COCCCC(CCOC)Cc1ccc2cc(-c3cc(-c4ccncc4)n[nH]c3=O)[nH]c2c1. The fraction of sp³-hybridized carbons (Fsp3) is 0.346. The van der Waals surface area contributed by atoms with Crippen molar-refractivity contribution in [3.8, 4) is 22.5 Å². The first-order chi connectivity index (χ1) is 16.2. The van der Waals surface area contributed by atoms with Gasteiger partial charge in [0.15, 0.2) is 0 Å². The van der Waals surface area contributed by atoms with Gasteiger partial charge in [-0.15, -0.1) is 0 Å². The largest absolute Gasteiger partial charge is 0.385 e. The quantitative estimate of drug-likeness (QED) is 0.329. The molecule has 0 aliphatic carbocycles. The summed E-state index contributed by atoms with van der Waals surface area (Å²) in [4.78, 5) is 20.0. The first kappa shape index (κ1) is 22.9. The van der Waals surface area contributed by atoms with Gasteiger partial charge in [0, 0.05) is 56.3 Å². The van der Waals surface area contributed by atoms with Crippen molar-refractivity contribution in [2.24, 2.45) is 5.92 Å². The van der Waals surface area contributed by atoms with Crippen LogP contribution < -0.4 is 5.56 Å². The van der Waals surface area contributed by atoms with Crippen LogP contribution in [0.15, 0.2) is 59.7 Å². The van der Waals surface area contributed by atoms with E-state index in [4.69, 9.17) is 9.47 Å². The van der Waals surface area contributed by atoms with Crippen LogP contribution in [0.5, 0.6) is 0 Å². The third-order valence-corrected chi connectivity index (χ3v) is 5.97. The van der Waals surface area contributed by atoms with Crippen LogP contribution in [0, 0.1) is 5.92 Å². The number of nitrogens with one attached hydrogen (secondary N) is 2. The van der Waals surface area contributed by atoms with Gasteiger partial charge >= 0.3 is 0 Å². The maximum atomic E-state index is 12.5. The van der Waals surface area contributed by atoms with Gasteiger partial charge < -0.3 is 14.5 Å². The Kier molecular flexibility index (Phi) is 7.65. The van der Waals surface area contributed by atoms with Crippen molar-refractivity contribution in [2.75, 3.05) is 27.4 Å². The normalized spacial score (nSPS) is 12.3. The Morgan fingerprint density at radius 2 is 1.79 bits per heavy atom. The molecule has 0 aliphatic heterocycles. The molecule has 33 heavy (non-hydrogen) atoms. The molecule has 0 aliphatic rings. The number of pyridine rings is 1. The van der Waals surface area contributed by atoms with Gasteiger partial charge in [-0.05, 0) is 67.5 Å². The molecule has 0 spiro atoms. The summed E-state index contributed by atoms with van der Waals surface area (Å²) in [6.07, 6.45) is 7.58. The van der Waals surface area contributed by atoms with Crippen molar-refractivity contribution in [3.63, 3.8) is 0 Å². The van der Waals surface area contributed by atoms with Crippen LogP contribution in [-0.4, -0.2) is 47.6 Å². The number of ether oxygens (including phenoxy) is 2. The monoisotopic (exact) mass is 446 g/mol. The van der Waals surface area contributed by atoms with E-state index in [1.54, 1.807) is 26.6 Å². The number of aromatic nitrogens is 4. The number of aromatic amines is 2. The van der Waals surface area contributed by atoms with E-state index < -0.39 is 0 Å². The molecule has 0 fully saturated rings. The third kappa shape index (κ3) is 5.74. The lowest BCUT2D eigenvalue weighted by Crippen LogP contribution is -2.11. The highest BCUT2D eigenvalue weighted by Crippen LogP contribution is 2.27. The second-order valence-corrected chi connectivity index (χ2v) is 8.32. The van der Waals surface area contributed by atoms with Gasteiger partial charge in [0.05, 0.1) is 17.0 Å². The van der Waals surface area contributed by atoms with E-state index in [0.29, 0.717) is 17.2 Å². The summed E-state index contributed by atoms with van der Waals surface area (Å²) in [5, 5.41) is 7.89. The predicted molar refractivity (Wildman–Crippen MR) is 130 cm³/mol. The van der Waals surface area contributed by atoms with Crippen molar-refractivity contribution < 1.29 is 9.47 Å². The van der Waals surface area contributed by atoms with E-state index in [9.17, 15) is 4.79 Å². The Morgan fingerprint density at radius 1 is 0.970 bits per heavy atom. The molecular weight excluding hydrogens is 416 g/mol. The average molecular weight is 447 g/mol. The van der Waals surface area contributed by atoms with Crippen LogP contribution in [0.4, 0.5) is 0 Å². The molecule has 4 aromatic rings. The summed E-state index contributed by atoms with van der Waals surface area (Å²) >= 11 is 0. The second-order valence-electron chi connectivity index (χ2n) is 8.32. The molecule has 0 bridgehead atoms.